The molecule has 0 bridgehead atoms. The van der Waals surface area contributed by atoms with Crippen LogP contribution in [0.5, 0.6) is 0 Å². The monoisotopic (exact) mass is 329 g/mol. The zero-order chi connectivity index (χ0) is 17.7. The summed E-state index contributed by atoms with van der Waals surface area (Å²) in [6.07, 6.45) is 0.178. The van der Waals surface area contributed by atoms with Crippen LogP contribution in [0.15, 0.2) is 34.9 Å². The highest BCUT2D eigenvalue weighted by Crippen LogP contribution is 2.18. The number of hydrogen-bond donors (Lipinski definition) is 1. The lowest BCUT2D eigenvalue weighted by molar-refractivity contribution is -0.117. The van der Waals surface area contributed by atoms with E-state index in [-0.39, 0.29) is 24.8 Å². The Morgan fingerprint density at radius 1 is 1.25 bits per heavy atom. The first-order valence-corrected chi connectivity index (χ1v) is 7.98. The number of amides is 2. The Kier molecular flexibility index (Phi) is 5.73. The molecule has 0 radical (unpaired) electrons. The van der Waals surface area contributed by atoms with Gasteiger partial charge in [0.05, 0.1) is 0 Å². The van der Waals surface area contributed by atoms with Crippen molar-refractivity contribution < 1.29 is 14.1 Å². The number of carbonyl (C=O) groups is 2. The summed E-state index contributed by atoms with van der Waals surface area (Å²) in [6, 6.07) is 9.44. The van der Waals surface area contributed by atoms with Crippen molar-refractivity contribution >= 4 is 23.3 Å². The van der Waals surface area contributed by atoms with Gasteiger partial charge >= 0.3 is 0 Å². The van der Waals surface area contributed by atoms with Gasteiger partial charge in [-0.05, 0) is 30.5 Å². The summed E-state index contributed by atoms with van der Waals surface area (Å²) in [7, 11) is 0. The van der Waals surface area contributed by atoms with Crippen LogP contribution in [-0.2, 0) is 9.59 Å². The summed E-state index contributed by atoms with van der Waals surface area (Å²) in [5.74, 6) is 1.15. The number of carbonyl (C=O) groups excluding carboxylic acids is 2. The van der Waals surface area contributed by atoms with Crippen LogP contribution in [0.3, 0.4) is 0 Å². The first kappa shape index (κ1) is 17.7. The Hall–Kier alpha value is -2.63. The zero-order valence-corrected chi connectivity index (χ0v) is 14.5. The van der Waals surface area contributed by atoms with Crippen molar-refractivity contribution in [2.75, 3.05) is 16.8 Å². The summed E-state index contributed by atoms with van der Waals surface area (Å²) in [4.78, 5) is 25.3. The predicted octanol–water partition coefficient (Wildman–Crippen LogP) is 3.49. The Morgan fingerprint density at radius 2 is 1.92 bits per heavy atom. The average Bonchev–Trinajstić information content (AvgIpc) is 2.94. The van der Waals surface area contributed by atoms with E-state index in [4.69, 9.17) is 4.52 Å². The normalized spacial score (nSPS) is 10.7. The molecule has 0 atom stereocenters. The topological polar surface area (TPSA) is 75.4 Å². The van der Waals surface area contributed by atoms with E-state index in [0.29, 0.717) is 17.5 Å². The maximum Gasteiger partial charge on any atom is 0.226 e. The molecule has 0 saturated heterocycles. The molecule has 0 unspecified atom stereocenters. The quantitative estimate of drug-likeness (QED) is 0.880. The third kappa shape index (κ3) is 4.68. The third-order valence-corrected chi connectivity index (χ3v) is 3.70. The van der Waals surface area contributed by atoms with Gasteiger partial charge in [0.2, 0.25) is 11.8 Å². The molecular formula is C18H23N3O3. The zero-order valence-electron chi connectivity index (χ0n) is 14.5. The second-order valence-corrected chi connectivity index (χ2v) is 6.04. The number of aromatic nitrogens is 1. The fourth-order valence-corrected chi connectivity index (χ4v) is 2.30. The van der Waals surface area contributed by atoms with Gasteiger partial charge in [-0.3, -0.25) is 14.5 Å². The molecule has 0 saturated carbocycles. The number of hydrogen-bond acceptors (Lipinski definition) is 4. The highest BCUT2D eigenvalue weighted by molar-refractivity contribution is 5.94. The standard InChI is InChI=1S/C18H23N3O3/c1-12(2)15-5-7-16(8-6-15)19-18(23)9-10-21(14(4)22)17-11-13(3)24-20-17/h5-8,11-12H,9-10H2,1-4H3,(H,19,23). The van der Waals surface area contributed by atoms with Crippen LogP contribution in [0.25, 0.3) is 0 Å². The largest absolute Gasteiger partial charge is 0.360 e. The molecule has 2 aromatic rings. The number of aryl methyl sites for hydroxylation is 1. The fraction of sp³-hybridized carbons (Fsp3) is 0.389. The van der Waals surface area contributed by atoms with Crippen LogP contribution in [0, 0.1) is 6.92 Å². The molecule has 6 nitrogen and oxygen atoms in total. The predicted molar refractivity (Wildman–Crippen MR) is 93.0 cm³/mol. The molecule has 0 spiro atoms. The molecule has 0 aliphatic rings. The molecule has 2 amide bonds. The van der Waals surface area contributed by atoms with E-state index in [1.807, 2.05) is 24.3 Å². The van der Waals surface area contributed by atoms with Gasteiger partial charge in [-0.25, -0.2) is 0 Å². The van der Waals surface area contributed by atoms with Crippen LogP contribution >= 0.6 is 0 Å². The average molecular weight is 329 g/mol. The molecule has 1 heterocycles. The van der Waals surface area contributed by atoms with Gasteiger partial charge < -0.3 is 9.84 Å². The number of anilines is 2. The van der Waals surface area contributed by atoms with Gasteiger partial charge in [0.25, 0.3) is 0 Å². The summed E-state index contributed by atoms with van der Waals surface area (Å²) in [5.41, 5.74) is 1.97. The maximum atomic E-state index is 12.1. The minimum atomic E-state index is -0.183. The van der Waals surface area contributed by atoms with Gasteiger partial charge in [-0.1, -0.05) is 31.1 Å². The lowest BCUT2D eigenvalue weighted by Gasteiger charge is -2.17. The van der Waals surface area contributed by atoms with Crippen LogP contribution in [0.2, 0.25) is 0 Å². The van der Waals surface area contributed by atoms with Crippen molar-refractivity contribution in [3.63, 3.8) is 0 Å². The Morgan fingerprint density at radius 3 is 2.42 bits per heavy atom. The lowest BCUT2D eigenvalue weighted by atomic mass is 10.0. The minimum Gasteiger partial charge on any atom is -0.360 e. The van der Waals surface area contributed by atoms with Crippen molar-refractivity contribution in [2.45, 2.75) is 40.0 Å². The molecule has 6 heteroatoms. The summed E-state index contributed by atoms with van der Waals surface area (Å²) >= 11 is 0. The van der Waals surface area contributed by atoms with E-state index in [1.165, 1.54) is 17.4 Å². The molecule has 2 rings (SSSR count). The molecular weight excluding hydrogens is 306 g/mol. The minimum absolute atomic E-state index is 0.154. The molecule has 0 aliphatic carbocycles. The van der Waals surface area contributed by atoms with Crippen LogP contribution in [-0.4, -0.2) is 23.5 Å². The van der Waals surface area contributed by atoms with Gasteiger partial charge in [0.1, 0.15) is 5.76 Å². The summed E-state index contributed by atoms with van der Waals surface area (Å²) < 4.78 is 4.98. The molecule has 128 valence electrons. The van der Waals surface area contributed by atoms with Crippen LogP contribution < -0.4 is 10.2 Å². The third-order valence-electron chi connectivity index (χ3n) is 3.70. The first-order valence-electron chi connectivity index (χ1n) is 7.98. The van der Waals surface area contributed by atoms with E-state index in [0.717, 1.165) is 5.69 Å². The van der Waals surface area contributed by atoms with E-state index in [1.54, 1.807) is 13.0 Å². The molecule has 1 N–H and O–H groups in total. The van der Waals surface area contributed by atoms with E-state index in [2.05, 4.69) is 24.3 Å². The van der Waals surface area contributed by atoms with Crippen molar-refractivity contribution in [1.82, 2.24) is 5.16 Å². The Balaban J connectivity index is 1.92. The van der Waals surface area contributed by atoms with Crippen molar-refractivity contribution in [2.24, 2.45) is 0 Å². The van der Waals surface area contributed by atoms with E-state index in [9.17, 15) is 9.59 Å². The summed E-state index contributed by atoms with van der Waals surface area (Å²) in [5, 5.41) is 6.66. The smallest absolute Gasteiger partial charge is 0.226 e. The van der Waals surface area contributed by atoms with Gasteiger partial charge in [-0.15, -0.1) is 0 Å². The Labute approximate surface area is 141 Å². The van der Waals surface area contributed by atoms with Crippen molar-refractivity contribution in [1.29, 1.82) is 0 Å². The Bertz CT molecular complexity index is 705. The number of benzene rings is 1. The maximum absolute atomic E-state index is 12.1. The second-order valence-electron chi connectivity index (χ2n) is 6.04. The van der Waals surface area contributed by atoms with Crippen molar-refractivity contribution in [3.8, 4) is 0 Å². The van der Waals surface area contributed by atoms with Gasteiger partial charge in [0, 0.05) is 31.6 Å². The molecule has 0 fully saturated rings. The highest BCUT2D eigenvalue weighted by atomic mass is 16.5. The van der Waals surface area contributed by atoms with Gasteiger partial charge in [0.15, 0.2) is 5.82 Å². The molecule has 1 aromatic heterocycles. The van der Waals surface area contributed by atoms with E-state index >= 15 is 0 Å². The van der Waals surface area contributed by atoms with Crippen LogP contribution in [0.1, 0.15) is 44.4 Å². The first-order chi connectivity index (χ1) is 11.4. The summed E-state index contributed by atoms with van der Waals surface area (Å²) in [6.45, 7) is 7.68. The van der Waals surface area contributed by atoms with Gasteiger partial charge in [-0.2, -0.15) is 0 Å². The van der Waals surface area contributed by atoms with Crippen molar-refractivity contribution in [3.05, 3.63) is 41.7 Å². The lowest BCUT2D eigenvalue weighted by Crippen LogP contribution is -2.32. The second kappa shape index (κ2) is 7.77. The number of nitrogens with one attached hydrogen (secondary N) is 1. The van der Waals surface area contributed by atoms with E-state index < -0.39 is 0 Å². The molecule has 24 heavy (non-hydrogen) atoms. The number of rotatable bonds is 6. The number of nitrogens with zero attached hydrogens (tertiary/aromatic N) is 2. The molecule has 0 aliphatic heterocycles. The van der Waals surface area contributed by atoms with Crippen LogP contribution in [0.4, 0.5) is 11.5 Å². The SMILES string of the molecule is CC(=O)N(CCC(=O)Nc1ccc(C(C)C)cc1)c1cc(C)on1. The highest BCUT2D eigenvalue weighted by Gasteiger charge is 2.17. The molecule has 1 aromatic carbocycles. The fourth-order valence-electron chi connectivity index (χ4n) is 2.30.